The number of benzene rings is 10. The van der Waals surface area contributed by atoms with E-state index in [2.05, 4.69) is 215 Å². The van der Waals surface area contributed by atoms with Crippen molar-refractivity contribution < 1.29 is 0 Å². The fourth-order valence-corrected chi connectivity index (χ4v) is 9.94. The van der Waals surface area contributed by atoms with E-state index in [4.69, 9.17) is 9.97 Å². The molecule has 10 aromatic carbocycles. The Kier molecular flexibility index (Phi) is 7.57. The summed E-state index contributed by atoms with van der Waals surface area (Å²) in [4.78, 5) is 10.2. The summed E-state index contributed by atoms with van der Waals surface area (Å²) in [6.07, 6.45) is 1.88. The minimum Gasteiger partial charge on any atom is -0.309 e. The monoisotopic (exact) mass is 788 g/mol. The Hall–Kier alpha value is -8.34. The average Bonchev–Trinajstić information content (AvgIpc) is 3.86. The van der Waals surface area contributed by atoms with Crippen molar-refractivity contribution in [1.82, 2.24) is 19.1 Å². The Balaban J connectivity index is 0.904. The topological polar surface area (TPSA) is 35.6 Å². The maximum atomic E-state index is 5.27. The maximum absolute atomic E-state index is 5.27. The lowest BCUT2D eigenvalue weighted by Gasteiger charge is -2.13. The van der Waals surface area contributed by atoms with Gasteiger partial charge in [0.1, 0.15) is 0 Å². The third kappa shape index (κ3) is 5.27. The van der Waals surface area contributed by atoms with E-state index < -0.39 is 0 Å². The molecular formula is C58H36N4. The van der Waals surface area contributed by atoms with E-state index in [0.717, 1.165) is 38.9 Å². The first-order valence-electron chi connectivity index (χ1n) is 21.1. The lowest BCUT2D eigenvalue weighted by Crippen LogP contribution is -2.01. The third-order valence-corrected chi connectivity index (χ3v) is 12.8. The van der Waals surface area contributed by atoms with Gasteiger partial charge < -0.3 is 4.57 Å². The third-order valence-electron chi connectivity index (χ3n) is 12.8. The molecule has 0 spiro atoms. The van der Waals surface area contributed by atoms with Crippen molar-refractivity contribution in [2.45, 2.75) is 0 Å². The van der Waals surface area contributed by atoms with Crippen LogP contribution in [0.1, 0.15) is 0 Å². The van der Waals surface area contributed by atoms with Crippen LogP contribution >= 0.6 is 0 Å². The minimum atomic E-state index is 0.644. The molecule has 0 aliphatic carbocycles. The zero-order chi connectivity index (χ0) is 40.7. The summed E-state index contributed by atoms with van der Waals surface area (Å²) in [5.41, 5.74) is 12.3. The minimum absolute atomic E-state index is 0.644. The fourth-order valence-electron chi connectivity index (χ4n) is 9.94. The molecule has 0 bridgehead atoms. The molecule has 0 N–H and O–H groups in total. The van der Waals surface area contributed by atoms with Crippen molar-refractivity contribution >= 4 is 75.9 Å². The van der Waals surface area contributed by atoms with Crippen LogP contribution in [0.2, 0.25) is 0 Å². The van der Waals surface area contributed by atoms with Gasteiger partial charge >= 0.3 is 0 Å². The lowest BCUT2D eigenvalue weighted by atomic mass is 9.92. The van der Waals surface area contributed by atoms with E-state index in [0.29, 0.717) is 5.95 Å². The first-order chi connectivity index (χ1) is 30.7. The number of para-hydroxylation sites is 3. The van der Waals surface area contributed by atoms with Crippen molar-refractivity contribution in [3.05, 3.63) is 219 Å². The molecule has 0 aliphatic heterocycles. The summed E-state index contributed by atoms with van der Waals surface area (Å²) < 4.78 is 4.57. The zero-order valence-corrected chi connectivity index (χ0v) is 33.6. The van der Waals surface area contributed by atoms with Crippen LogP contribution in [0.4, 0.5) is 0 Å². The summed E-state index contributed by atoms with van der Waals surface area (Å²) in [7, 11) is 0. The van der Waals surface area contributed by atoms with E-state index in [9.17, 15) is 0 Å². The fraction of sp³-hybridized carbons (Fsp3) is 0. The predicted octanol–water partition coefficient (Wildman–Crippen LogP) is 15.1. The SMILES string of the molecule is c1ccc(-n2c3ccccc3c3cc(-c4ccc5c(c4)c4ccccc4n5-c4nccc(-c5cccc(-c6ccc7c8ccccc8c8ccccc8c7c6)c5)n4)ccc32)cc1. The second-order valence-corrected chi connectivity index (χ2v) is 16.2. The van der Waals surface area contributed by atoms with E-state index in [-0.39, 0.29) is 0 Å². The molecular weight excluding hydrogens is 753 g/mol. The van der Waals surface area contributed by atoms with Crippen molar-refractivity contribution in [2.75, 3.05) is 0 Å². The summed E-state index contributed by atoms with van der Waals surface area (Å²) in [5.74, 6) is 0.644. The van der Waals surface area contributed by atoms with E-state index in [1.807, 2.05) is 12.3 Å². The van der Waals surface area contributed by atoms with Gasteiger partial charge in [0.25, 0.3) is 0 Å². The summed E-state index contributed by atoms with van der Waals surface area (Å²) >= 11 is 0. The molecule has 62 heavy (non-hydrogen) atoms. The van der Waals surface area contributed by atoms with Gasteiger partial charge in [0.2, 0.25) is 5.95 Å². The molecule has 0 amide bonds. The van der Waals surface area contributed by atoms with E-state index in [1.54, 1.807) is 0 Å². The van der Waals surface area contributed by atoms with Crippen LogP contribution in [-0.4, -0.2) is 19.1 Å². The van der Waals surface area contributed by atoms with Crippen LogP contribution in [0.3, 0.4) is 0 Å². The number of fused-ring (bicyclic) bond motifs is 12. The highest BCUT2D eigenvalue weighted by atomic mass is 15.2. The molecule has 13 aromatic rings. The number of aromatic nitrogens is 4. The quantitative estimate of drug-likeness (QED) is 0.163. The highest BCUT2D eigenvalue weighted by Gasteiger charge is 2.18. The Morgan fingerprint density at radius 2 is 0.726 bits per heavy atom. The molecule has 0 unspecified atom stereocenters. The first kappa shape index (κ1) is 34.5. The second kappa shape index (κ2) is 13.6. The molecule has 0 radical (unpaired) electrons. The Bertz CT molecular complexity index is 3890. The molecule has 0 atom stereocenters. The van der Waals surface area contributed by atoms with Crippen molar-refractivity contribution in [2.24, 2.45) is 0 Å². The number of nitrogens with zero attached hydrogens (tertiary/aromatic N) is 4. The lowest BCUT2D eigenvalue weighted by molar-refractivity contribution is 0.992. The number of hydrogen-bond donors (Lipinski definition) is 0. The van der Waals surface area contributed by atoms with Crippen LogP contribution in [0, 0.1) is 0 Å². The van der Waals surface area contributed by atoms with Crippen molar-refractivity contribution in [3.8, 4) is 45.1 Å². The van der Waals surface area contributed by atoms with Gasteiger partial charge in [-0.3, -0.25) is 4.57 Å². The second-order valence-electron chi connectivity index (χ2n) is 16.2. The highest BCUT2D eigenvalue weighted by molar-refractivity contribution is 6.25. The van der Waals surface area contributed by atoms with Crippen LogP contribution in [0.25, 0.3) is 121 Å². The van der Waals surface area contributed by atoms with Crippen LogP contribution in [0.5, 0.6) is 0 Å². The van der Waals surface area contributed by atoms with Gasteiger partial charge in [-0.1, -0.05) is 146 Å². The van der Waals surface area contributed by atoms with E-state index in [1.165, 1.54) is 76.2 Å². The molecule has 4 nitrogen and oxygen atoms in total. The number of hydrogen-bond acceptors (Lipinski definition) is 2. The first-order valence-corrected chi connectivity index (χ1v) is 21.1. The summed E-state index contributed by atoms with van der Waals surface area (Å²) in [5, 5.41) is 12.5. The highest BCUT2D eigenvalue weighted by Crippen LogP contribution is 2.40. The van der Waals surface area contributed by atoms with Gasteiger partial charge in [-0.25, -0.2) is 9.97 Å². The molecule has 288 valence electrons. The average molecular weight is 789 g/mol. The Morgan fingerprint density at radius 1 is 0.274 bits per heavy atom. The van der Waals surface area contributed by atoms with Crippen LogP contribution in [0.15, 0.2) is 219 Å². The van der Waals surface area contributed by atoms with Gasteiger partial charge in [-0.2, -0.15) is 0 Å². The summed E-state index contributed by atoms with van der Waals surface area (Å²) in [6.45, 7) is 0. The summed E-state index contributed by atoms with van der Waals surface area (Å²) in [6, 6.07) is 76.7. The molecule has 0 aliphatic rings. The maximum Gasteiger partial charge on any atom is 0.235 e. The smallest absolute Gasteiger partial charge is 0.235 e. The molecule has 0 saturated heterocycles. The van der Waals surface area contributed by atoms with Gasteiger partial charge in [0, 0.05) is 39.0 Å². The van der Waals surface area contributed by atoms with Crippen molar-refractivity contribution in [1.29, 1.82) is 0 Å². The standard InChI is InChI=1S/C58H36N4/c1-2-15-42(16-3-1)61-54-23-10-8-21-48(54)51-35-39(26-29-56(51)61)40-27-30-57-52(36-40)49-22-9-11-24-55(49)62(57)58-59-32-31-53(60-58)41-14-12-13-37(33-41)38-25-28-47-45-19-5-4-17-43(45)44-18-6-7-20-46(44)50(47)34-38/h1-36H. The number of rotatable bonds is 5. The zero-order valence-electron chi connectivity index (χ0n) is 33.6. The van der Waals surface area contributed by atoms with Crippen LogP contribution in [-0.2, 0) is 0 Å². The molecule has 3 aromatic heterocycles. The predicted molar refractivity (Wildman–Crippen MR) is 260 cm³/mol. The molecule has 13 rings (SSSR count). The molecule has 0 fully saturated rings. The molecule has 3 heterocycles. The Labute approximate surface area is 357 Å². The van der Waals surface area contributed by atoms with Gasteiger partial charge in [0.05, 0.1) is 27.8 Å². The molecule has 4 heteroatoms. The Morgan fingerprint density at radius 3 is 1.37 bits per heavy atom. The largest absolute Gasteiger partial charge is 0.309 e. The van der Waals surface area contributed by atoms with Crippen molar-refractivity contribution in [3.63, 3.8) is 0 Å². The van der Waals surface area contributed by atoms with Gasteiger partial charge in [-0.15, -0.1) is 0 Å². The van der Waals surface area contributed by atoms with Gasteiger partial charge in [0.15, 0.2) is 0 Å². The van der Waals surface area contributed by atoms with Gasteiger partial charge in [-0.05, 0) is 121 Å². The molecule has 0 saturated carbocycles. The van der Waals surface area contributed by atoms with Crippen LogP contribution < -0.4 is 0 Å². The van der Waals surface area contributed by atoms with E-state index >= 15 is 0 Å². The normalized spacial score (nSPS) is 11.9.